The van der Waals surface area contributed by atoms with E-state index in [-0.39, 0.29) is 10.9 Å². The number of benzene rings is 1. The smallest absolute Gasteiger partial charge is 0.260 e. The van der Waals surface area contributed by atoms with Crippen LogP contribution in [0.25, 0.3) is 0 Å². The Morgan fingerprint density at radius 3 is 2.67 bits per heavy atom. The molecule has 1 atom stereocenters. The number of amides is 1. The third kappa shape index (κ3) is 6.01. The Hall–Kier alpha value is -1.14. The molecule has 1 amide bonds. The van der Waals surface area contributed by atoms with Crippen LogP contribution in [0.15, 0.2) is 22.7 Å². The number of nitrogens with two attached hydrogens (primary N) is 1. The van der Waals surface area contributed by atoms with E-state index in [4.69, 9.17) is 22.7 Å². The predicted octanol–water partition coefficient (Wildman–Crippen LogP) is 3.01. The number of carbonyl (C=O) groups excluding carboxylic acids is 1. The molecule has 116 valence electrons. The lowest BCUT2D eigenvalue weighted by atomic mass is 10.1. The van der Waals surface area contributed by atoms with Crippen LogP contribution in [0.4, 0.5) is 0 Å². The Labute approximate surface area is 139 Å². The van der Waals surface area contributed by atoms with Gasteiger partial charge in [-0.2, -0.15) is 0 Å². The molecule has 0 aliphatic carbocycles. The third-order valence-corrected chi connectivity index (χ3v) is 3.61. The van der Waals surface area contributed by atoms with Gasteiger partial charge in [-0.3, -0.25) is 4.79 Å². The second-order valence-electron chi connectivity index (χ2n) is 5.24. The summed E-state index contributed by atoms with van der Waals surface area (Å²) in [6.07, 6.45) is 0.334. The third-order valence-electron chi connectivity index (χ3n) is 2.90. The summed E-state index contributed by atoms with van der Waals surface area (Å²) in [7, 11) is 0. The van der Waals surface area contributed by atoms with Crippen molar-refractivity contribution in [2.45, 2.75) is 33.3 Å². The topological polar surface area (TPSA) is 64.3 Å². The molecule has 1 rings (SSSR count). The molecule has 0 bridgehead atoms. The molecule has 0 aliphatic heterocycles. The lowest BCUT2D eigenvalue weighted by Crippen LogP contribution is -2.37. The molecular weight excluding hydrogens is 352 g/mol. The van der Waals surface area contributed by atoms with Gasteiger partial charge in [-0.05, 0) is 37.5 Å². The molecule has 3 N–H and O–H groups in total. The van der Waals surface area contributed by atoms with Gasteiger partial charge in [0.15, 0.2) is 6.10 Å². The highest BCUT2D eigenvalue weighted by atomic mass is 79.9. The molecule has 0 heterocycles. The molecule has 1 aromatic rings. The molecule has 4 nitrogen and oxygen atoms in total. The van der Waals surface area contributed by atoms with Crippen molar-refractivity contribution in [1.82, 2.24) is 5.32 Å². The molecule has 0 saturated heterocycles. The Bertz CT molecular complexity index is 520. The molecule has 6 heteroatoms. The fraction of sp³-hybridized carbons (Fsp3) is 0.467. The van der Waals surface area contributed by atoms with E-state index in [2.05, 4.69) is 35.1 Å². The van der Waals surface area contributed by atoms with E-state index >= 15 is 0 Å². The van der Waals surface area contributed by atoms with Crippen LogP contribution in [0.5, 0.6) is 5.75 Å². The minimum atomic E-state index is -0.605. The number of nitrogens with one attached hydrogen (secondary N) is 1. The summed E-state index contributed by atoms with van der Waals surface area (Å²) in [5.41, 5.74) is 6.29. The summed E-state index contributed by atoms with van der Waals surface area (Å²) in [6.45, 7) is 6.58. The monoisotopic (exact) mass is 372 g/mol. The van der Waals surface area contributed by atoms with Gasteiger partial charge < -0.3 is 15.8 Å². The first-order valence-electron chi connectivity index (χ1n) is 6.85. The Balaban J connectivity index is 2.68. The van der Waals surface area contributed by atoms with Gasteiger partial charge in [0.05, 0.1) is 5.56 Å². The van der Waals surface area contributed by atoms with Crippen LogP contribution in [0.2, 0.25) is 0 Å². The molecule has 1 aromatic carbocycles. The lowest BCUT2D eigenvalue weighted by molar-refractivity contribution is -0.127. The molecule has 0 saturated carbocycles. The number of ether oxygens (including phenoxy) is 1. The van der Waals surface area contributed by atoms with Crippen LogP contribution in [0.3, 0.4) is 0 Å². The zero-order valence-corrected chi connectivity index (χ0v) is 14.9. The fourth-order valence-electron chi connectivity index (χ4n) is 1.67. The van der Waals surface area contributed by atoms with Crippen molar-refractivity contribution in [3.05, 3.63) is 28.2 Å². The van der Waals surface area contributed by atoms with Crippen molar-refractivity contribution in [3.63, 3.8) is 0 Å². The predicted molar refractivity (Wildman–Crippen MR) is 92.6 cm³/mol. The summed E-state index contributed by atoms with van der Waals surface area (Å²) in [6, 6.07) is 5.35. The molecule has 21 heavy (non-hydrogen) atoms. The highest BCUT2D eigenvalue weighted by Crippen LogP contribution is 2.24. The van der Waals surface area contributed by atoms with Crippen LogP contribution in [-0.2, 0) is 4.79 Å². The Morgan fingerprint density at radius 2 is 2.10 bits per heavy atom. The first-order valence-corrected chi connectivity index (χ1v) is 8.05. The second kappa shape index (κ2) is 8.34. The van der Waals surface area contributed by atoms with Crippen LogP contribution in [0, 0.1) is 5.92 Å². The highest BCUT2D eigenvalue weighted by Gasteiger charge is 2.17. The summed E-state index contributed by atoms with van der Waals surface area (Å²) < 4.78 is 6.53. The van der Waals surface area contributed by atoms with Gasteiger partial charge in [0.1, 0.15) is 10.7 Å². The number of hydrogen-bond acceptors (Lipinski definition) is 3. The highest BCUT2D eigenvalue weighted by molar-refractivity contribution is 9.10. The van der Waals surface area contributed by atoms with E-state index < -0.39 is 6.10 Å². The molecule has 0 fully saturated rings. The average molecular weight is 373 g/mol. The number of hydrogen-bond donors (Lipinski definition) is 2. The SMILES string of the molecule is CC(C)CCNC(=O)C(C)Oc1ccc(Br)cc1C(N)=S. The van der Waals surface area contributed by atoms with Gasteiger partial charge in [0.25, 0.3) is 5.91 Å². The van der Waals surface area contributed by atoms with Crippen molar-refractivity contribution in [2.75, 3.05) is 6.54 Å². The molecular formula is C15H21BrN2O2S. The number of carbonyl (C=O) groups is 1. The number of halogens is 1. The largest absolute Gasteiger partial charge is 0.480 e. The Kier molecular flexibility index (Phi) is 7.11. The van der Waals surface area contributed by atoms with E-state index in [9.17, 15) is 4.79 Å². The molecule has 0 radical (unpaired) electrons. The second-order valence-corrected chi connectivity index (χ2v) is 6.59. The maximum absolute atomic E-state index is 12.0. The van der Waals surface area contributed by atoms with Crippen molar-refractivity contribution in [3.8, 4) is 5.75 Å². The summed E-state index contributed by atoms with van der Waals surface area (Å²) >= 11 is 8.36. The first-order chi connectivity index (χ1) is 9.81. The number of thiocarbonyl (C=S) groups is 1. The lowest BCUT2D eigenvalue weighted by Gasteiger charge is -2.17. The van der Waals surface area contributed by atoms with Crippen molar-refractivity contribution in [1.29, 1.82) is 0 Å². The van der Waals surface area contributed by atoms with Crippen LogP contribution < -0.4 is 15.8 Å². The summed E-state index contributed by atoms with van der Waals surface area (Å²) in [5.74, 6) is 0.916. The van der Waals surface area contributed by atoms with Crippen molar-refractivity contribution >= 4 is 39.0 Å². The molecule has 1 unspecified atom stereocenters. The molecule has 0 aromatic heterocycles. The fourth-order valence-corrected chi connectivity index (χ4v) is 2.19. The minimum absolute atomic E-state index is 0.146. The van der Waals surface area contributed by atoms with E-state index in [0.717, 1.165) is 10.9 Å². The average Bonchev–Trinajstić information content (AvgIpc) is 2.39. The van der Waals surface area contributed by atoms with E-state index in [0.29, 0.717) is 23.8 Å². The zero-order valence-electron chi connectivity index (χ0n) is 12.5. The zero-order chi connectivity index (χ0) is 16.0. The van der Waals surface area contributed by atoms with Crippen molar-refractivity contribution < 1.29 is 9.53 Å². The minimum Gasteiger partial charge on any atom is -0.480 e. The maximum Gasteiger partial charge on any atom is 0.260 e. The van der Waals surface area contributed by atoms with E-state index in [1.807, 2.05) is 6.07 Å². The van der Waals surface area contributed by atoms with Gasteiger partial charge in [0.2, 0.25) is 0 Å². The van der Waals surface area contributed by atoms with E-state index in [1.165, 1.54) is 0 Å². The van der Waals surface area contributed by atoms with Crippen LogP contribution in [-0.4, -0.2) is 23.5 Å². The van der Waals surface area contributed by atoms with Gasteiger partial charge >= 0.3 is 0 Å². The van der Waals surface area contributed by atoms with Crippen molar-refractivity contribution in [2.24, 2.45) is 11.7 Å². The summed E-state index contributed by atoms with van der Waals surface area (Å²) in [5, 5.41) is 2.86. The van der Waals surface area contributed by atoms with Gasteiger partial charge in [0, 0.05) is 11.0 Å². The van der Waals surface area contributed by atoms with Gasteiger partial charge in [-0.1, -0.05) is 42.0 Å². The maximum atomic E-state index is 12.0. The first kappa shape index (κ1) is 17.9. The quantitative estimate of drug-likeness (QED) is 0.722. The number of rotatable bonds is 7. The normalized spacial score (nSPS) is 12.0. The van der Waals surface area contributed by atoms with E-state index in [1.54, 1.807) is 19.1 Å². The van der Waals surface area contributed by atoms with Gasteiger partial charge in [-0.15, -0.1) is 0 Å². The molecule has 0 spiro atoms. The van der Waals surface area contributed by atoms with Gasteiger partial charge in [-0.25, -0.2) is 0 Å². The Morgan fingerprint density at radius 1 is 1.43 bits per heavy atom. The standard InChI is InChI=1S/C15H21BrN2O2S/c1-9(2)6-7-18-15(19)10(3)20-13-5-4-11(16)8-12(13)14(17)21/h4-5,8-10H,6-7H2,1-3H3,(H2,17,21)(H,18,19). The van der Waals surface area contributed by atoms with Crippen LogP contribution >= 0.6 is 28.1 Å². The molecule has 0 aliphatic rings. The van der Waals surface area contributed by atoms with Crippen LogP contribution in [0.1, 0.15) is 32.8 Å². The summed E-state index contributed by atoms with van der Waals surface area (Å²) in [4.78, 5) is 12.2.